The van der Waals surface area contributed by atoms with Gasteiger partial charge < -0.3 is 14.8 Å². The van der Waals surface area contributed by atoms with E-state index >= 15 is 0 Å². The van der Waals surface area contributed by atoms with Crippen molar-refractivity contribution >= 4 is 0 Å². The highest BCUT2D eigenvalue weighted by atomic mass is 16.3. The van der Waals surface area contributed by atoms with Gasteiger partial charge in [0, 0.05) is 12.6 Å². The van der Waals surface area contributed by atoms with E-state index in [4.69, 9.17) is 9.52 Å². The van der Waals surface area contributed by atoms with E-state index < -0.39 is 0 Å². The first kappa shape index (κ1) is 13.8. The molecule has 1 atom stereocenters. The summed E-state index contributed by atoms with van der Waals surface area (Å²) >= 11 is 0. The molecule has 0 aliphatic carbocycles. The minimum atomic E-state index is 0.227. The van der Waals surface area contributed by atoms with Crippen molar-refractivity contribution in [2.75, 3.05) is 6.61 Å². The summed E-state index contributed by atoms with van der Waals surface area (Å²) in [7, 11) is 0. The van der Waals surface area contributed by atoms with E-state index in [9.17, 15) is 0 Å². The van der Waals surface area contributed by atoms with Gasteiger partial charge in [0.15, 0.2) is 0 Å². The molecule has 0 aliphatic heterocycles. The average molecular weight is 259 g/mol. The molecule has 1 aromatic heterocycles. The van der Waals surface area contributed by atoms with E-state index in [0.29, 0.717) is 6.54 Å². The van der Waals surface area contributed by atoms with Crippen molar-refractivity contribution in [1.82, 2.24) is 5.32 Å². The summed E-state index contributed by atoms with van der Waals surface area (Å²) in [6.45, 7) is 2.99. The molecule has 1 heterocycles. The van der Waals surface area contributed by atoms with Gasteiger partial charge in [-0.2, -0.15) is 0 Å². The first-order valence-corrected chi connectivity index (χ1v) is 6.73. The van der Waals surface area contributed by atoms with Crippen molar-refractivity contribution in [2.45, 2.75) is 32.4 Å². The van der Waals surface area contributed by atoms with E-state index in [0.717, 1.165) is 18.6 Å². The van der Waals surface area contributed by atoms with E-state index in [1.165, 1.54) is 11.1 Å². The topological polar surface area (TPSA) is 45.4 Å². The fourth-order valence-electron chi connectivity index (χ4n) is 2.17. The maximum atomic E-state index is 9.01. The molecule has 0 bridgehead atoms. The third-order valence-electron chi connectivity index (χ3n) is 3.33. The molecule has 0 aliphatic rings. The standard InChI is InChI=1S/C16H21NO2/c1-13-9-11-19-16(13)12-17-15(8-5-10-18)14-6-3-2-4-7-14/h2-4,6-7,9,11,15,17-18H,5,8,10,12H2,1H3. The number of aryl methyl sites for hydroxylation is 1. The Hall–Kier alpha value is -1.58. The second-order valence-corrected chi connectivity index (χ2v) is 4.74. The number of benzene rings is 1. The molecule has 2 rings (SSSR count). The van der Waals surface area contributed by atoms with Crippen LogP contribution in [0.2, 0.25) is 0 Å². The number of aliphatic hydroxyl groups is 1. The summed E-state index contributed by atoms with van der Waals surface area (Å²) in [5, 5.41) is 12.5. The van der Waals surface area contributed by atoms with Gasteiger partial charge in [-0.3, -0.25) is 0 Å². The number of nitrogens with one attached hydrogen (secondary N) is 1. The van der Waals surface area contributed by atoms with E-state index in [1.807, 2.05) is 31.2 Å². The van der Waals surface area contributed by atoms with Gasteiger partial charge in [0.1, 0.15) is 5.76 Å². The van der Waals surface area contributed by atoms with Crippen LogP contribution in [0.4, 0.5) is 0 Å². The molecule has 0 spiro atoms. The van der Waals surface area contributed by atoms with Gasteiger partial charge in [0.25, 0.3) is 0 Å². The Bertz CT molecular complexity index is 479. The van der Waals surface area contributed by atoms with Crippen molar-refractivity contribution < 1.29 is 9.52 Å². The van der Waals surface area contributed by atoms with Gasteiger partial charge in [-0.1, -0.05) is 30.3 Å². The van der Waals surface area contributed by atoms with Gasteiger partial charge >= 0.3 is 0 Å². The van der Waals surface area contributed by atoms with E-state index in [-0.39, 0.29) is 12.6 Å². The Labute approximate surface area is 114 Å². The molecule has 3 nitrogen and oxygen atoms in total. The lowest BCUT2D eigenvalue weighted by Crippen LogP contribution is -2.21. The SMILES string of the molecule is Cc1ccoc1CNC(CCCO)c1ccccc1. The third kappa shape index (κ3) is 3.94. The molecule has 102 valence electrons. The molecule has 19 heavy (non-hydrogen) atoms. The number of hydrogen-bond acceptors (Lipinski definition) is 3. The highest BCUT2D eigenvalue weighted by Crippen LogP contribution is 2.19. The minimum Gasteiger partial charge on any atom is -0.468 e. The number of furan rings is 1. The zero-order chi connectivity index (χ0) is 13.5. The normalized spacial score (nSPS) is 12.5. The van der Waals surface area contributed by atoms with Crippen LogP contribution in [0, 0.1) is 6.92 Å². The van der Waals surface area contributed by atoms with Gasteiger partial charge in [0.05, 0.1) is 12.8 Å². The van der Waals surface area contributed by atoms with Crippen LogP contribution >= 0.6 is 0 Å². The van der Waals surface area contributed by atoms with Crippen LogP contribution in [0.15, 0.2) is 47.1 Å². The Balaban J connectivity index is 2.00. The minimum absolute atomic E-state index is 0.227. The van der Waals surface area contributed by atoms with Gasteiger partial charge in [-0.15, -0.1) is 0 Å². The summed E-state index contributed by atoms with van der Waals surface area (Å²) in [4.78, 5) is 0. The fourth-order valence-corrected chi connectivity index (χ4v) is 2.17. The molecule has 1 aromatic carbocycles. The Morgan fingerprint density at radius 1 is 1.21 bits per heavy atom. The molecule has 0 amide bonds. The first-order valence-electron chi connectivity index (χ1n) is 6.73. The van der Waals surface area contributed by atoms with Crippen molar-refractivity contribution in [3.05, 3.63) is 59.5 Å². The smallest absolute Gasteiger partial charge is 0.120 e. The Morgan fingerprint density at radius 3 is 2.63 bits per heavy atom. The van der Waals surface area contributed by atoms with Crippen LogP contribution in [0.1, 0.15) is 35.8 Å². The second kappa shape index (κ2) is 7.12. The molecular weight excluding hydrogens is 238 g/mol. The van der Waals surface area contributed by atoms with Crippen LogP contribution in [0.3, 0.4) is 0 Å². The molecule has 0 fully saturated rings. The lowest BCUT2D eigenvalue weighted by Gasteiger charge is -2.18. The summed E-state index contributed by atoms with van der Waals surface area (Å²) in [6, 6.07) is 12.6. The highest BCUT2D eigenvalue weighted by molar-refractivity contribution is 5.20. The molecule has 1 unspecified atom stereocenters. The largest absolute Gasteiger partial charge is 0.468 e. The van der Waals surface area contributed by atoms with Crippen molar-refractivity contribution in [3.8, 4) is 0 Å². The molecule has 0 radical (unpaired) electrons. The van der Waals surface area contributed by atoms with E-state index in [1.54, 1.807) is 6.26 Å². The van der Waals surface area contributed by atoms with Crippen LogP contribution in [-0.2, 0) is 6.54 Å². The van der Waals surface area contributed by atoms with Crippen molar-refractivity contribution in [1.29, 1.82) is 0 Å². The van der Waals surface area contributed by atoms with Gasteiger partial charge in [-0.25, -0.2) is 0 Å². The molecule has 2 N–H and O–H groups in total. The van der Waals surface area contributed by atoms with Gasteiger partial charge in [0.2, 0.25) is 0 Å². The lowest BCUT2D eigenvalue weighted by atomic mass is 10.0. The number of rotatable bonds is 7. The molecular formula is C16H21NO2. The number of hydrogen-bond donors (Lipinski definition) is 2. The van der Waals surface area contributed by atoms with Gasteiger partial charge in [-0.05, 0) is 37.0 Å². The average Bonchev–Trinajstić information content (AvgIpc) is 2.85. The monoisotopic (exact) mass is 259 g/mol. The first-order chi connectivity index (χ1) is 9.31. The molecule has 2 aromatic rings. The van der Waals surface area contributed by atoms with Crippen molar-refractivity contribution in [3.63, 3.8) is 0 Å². The van der Waals surface area contributed by atoms with Crippen molar-refractivity contribution in [2.24, 2.45) is 0 Å². The predicted octanol–water partition coefficient (Wildman–Crippen LogP) is 3.19. The third-order valence-corrected chi connectivity index (χ3v) is 3.33. The Morgan fingerprint density at radius 2 is 2.00 bits per heavy atom. The summed E-state index contributed by atoms with van der Waals surface area (Å²) in [5.74, 6) is 0.977. The zero-order valence-electron chi connectivity index (χ0n) is 11.3. The molecule has 0 saturated carbocycles. The lowest BCUT2D eigenvalue weighted by molar-refractivity contribution is 0.274. The zero-order valence-corrected chi connectivity index (χ0v) is 11.3. The summed E-state index contributed by atoms with van der Waals surface area (Å²) in [5.41, 5.74) is 2.42. The maximum absolute atomic E-state index is 9.01. The van der Waals surface area contributed by atoms with Crippen LogP contribution in [0.5, 0.6) is 0 Å². The number of aliphatic hydroxyl groups excluding tert-OH is 1. The molecule has 3 heteroatoms. The van der Waals surface area contributed by atoms with E-state index in [2.05, 4.69) is 17.4 Å². The summed E-state index contributed by atoms with van der Waals surface area (Å²) < 4.78 is 5.44. The van der Waals surface area contributed by atoms with Crippen LogP contribution in [0.25, 0.3) is 0 Å². The fraction of sp³-hybridized carbons (Fsp3) is 0.375. The molecule has 0 saturated heterocycles. The maximum Gasteiger partial charge on any atom is 0.120 e. The van der Waals surface area contributed by atoms with Crippen LogP contribution in [-0.4, -0.2) is 11.7 Å². The summed E-state index contributed by atoms with van der Waals surface area (Å²) in [6.07, 6.45) is 3.43. The quantitative estimate of drug-likeness (QED) is 0.802. The highest BCUT2D eigenvalue weighted by Gasteiger charge is 2.11. The van der Waals surface area contributed by atoms with Crippen LogP contribution < -0.4 is 5.32 Å². The predicted molar refractivity (Wildman–Crippen MR) is 75.8 cm³/mol. The Kier molecular flexibility index (Phi) is 5.19. The second-order valence-electron chi connectivity index (χ2n) is 4.74.